The maximum absolute atomic E-state index is 10.6. The van der Waals surface area contributed by atoms with Crippen molar-refractivity contribution in [3.05, 3.63) is 4.91 Å². The van der Waals surface area contributed by atoms with E-state index in [1.54, 1.807) is 0 Å². The zero-order chi connectivity index (χ0) is 18.7. The van der Waals surface area contributed by atoms with Gasteiger partial charge < -0.3 is 24.1 Å². The molecular formula is C19H33NO6. The van der Waals surface area contributed by atoms with Crippen LogP contribution in [0.15, 0.2) is 5.18 Å². The Morgan fingerprint density at radius 3 is 1.85 bits per heavy atom. The Balaban J connectivity index is 1.52. The topological polar surface area (TPSA) is 86.6 Å². The van der Waals surface area contributed by atoms with Gasteiger partial charge in [-0.2, -0.15) is 4.91 Å². The lowest BCUT2D eigenvalue weighted by atomic mass is 9.81. The Morgan fingerprint density at radius 1 is 0.923 bits per heavy atom. The molecule has 2 spiro atoms. The van der Waals surface area contributed by atoms with Crippen LogP contribution in [0.4, 0.5) is 0 Å². The second-order valence-electron chi connectivity index (χ2n) is 8.84. The van der Waals surface area contributed by atoms with Crippen molar-refractivity contribution < 1.29 is 24.1 Å². The second kappa shape index (κ2) is 7.80. The molecule has 0 bridgehead atoms. The minimum atomic E-state index is -0.589. The Labute approximate surface area is 155 Å². The average molecular weight is 371 g/mol. The van der Waals surface area contributed by atoms with Crippen molar-refractivity contribution in [1.29, 1.82) is 0 Å². The largest absolute Gasteiger partial charge is 0.396 e. The van der Waals surface area contributed by atoms with Crippen molar-refractivity contribution in [2.75, 3.05) is 39.6 Å². The Kier molecular flexibility index (Phi) is 6.04. The van der Waals surface area contributed by atoms with Gasteiger partial charge in [0.2, 0.25) is 0 Å². The molecule has 0 amide bonds. The predicted octanol–water partition coefficient (Wildman–Crippen LogP) is 2.99. The van der Waals surface area contributed by atoms with Crippen molar-refractivity contribution in [1.82, 2.24) is 0 Å². The van der Waals surface area contributed by atoms with E-state index in [1.807, 2.05) is 6.92 Å². The number of hydrogen-bond acceptors (Lipinski definition) is 7. The third kappa shape index (κ3) is 4.12. The van der Waals surface area contributed by atoms with Gasteiger partial charge in [-0.1, -0.05) is 31.9 Å². The molecule has 1 N–H and O–H groups in total. The zero-order valence-corrected chi connectivity index (χ0v) is 16.1. The summed E-state index contributed by atoms with van der Waals surface area (Å²) in [5.74, 6) is -1.16. The van der Waals surface area contributed by atoms with Crippen molar-refractivity contribution in [3.63, 3.8) is 0 Å². The first-order chi connectivity index (χ1) is 12.4. The summed E-state index contributed by atoms with van der Waals surface area (Å²) in [5, 5.41) is 12.8. The Bertz CT molecular complexity index is 468. The van der Waals surface area contributed by atoms with Gasteiger partial charge in [0, 0.05) is 36.5 Å². The smallest absolute Gasteiger partial charge is 0.168 e. The number of nitroso groups, excluding NO2 is 1. The molecule has 0 aromatic carbocycles. The molecule has 0 aromatic rings. The molecule has 3 fully saturated rings. The van der Waals surface area contributed by atoms with E-state index in [2.05, 4.69) is 12.1 Å². The molecule has 3 aliphatic rings. The average Bonchev–Trinajstić information content (AvgIpc) is 2.67. The van der Waals surface area contributed by atoms with E-state index in [-0.39, 0.29) is 24.0 Å². The third-order valence-electron chi connectivity index (χ3n) is 6.27. The van der Waals surface area contributed by atoms with Crippen molar-refractivity contribution in [2.24, 2.45) is 16.0 Å². The predicted molar refractivity (Wildman–Crippen MR) is 95.6 cm³/mol. The first-order valence-corrected chi connectivity index (χ1v) is 9.88. The summed E-state index contributed by atoms with van der Waals surface area (Å²) in [6.07, 6.45) is 5.94. The van der Waals surface area contributed by atoms with E-state index in [0.29, 0.717) is 52.1 Å². The van der Waals surface area contributed by atoms with E-state index in [9.17, 15) is 10.0 Å². The fourth-order valence-corrected chi connectivity index (χ4v) is 4.05. The van der Waals surface area contributed by atoms with Gasteiger partial charge >= 0.3 is 0 Å². The van der Waals surface area contributed by atoms with E-state index in [0.717, 1.165) is 19.3 Å². The molecule has 0 atom stereocenters. The zero-order valence-electron chi connectivity index (χ0n) is 16.1. The van der Waals surface area contributed by atoms with Gasteiger partial charge in [0.15, 0.2) is 11.6 Å². The SMILES string of the molecule is CCCCC1(CO)COC2(CCC3(CC2)OCC(C)(CN=O)CO3)OC1. The van der Waals surface area contributed by atoms with Crippen LogP contribution in [0.3, 0.4) is 0 Å². The van der Waals surface area contributed by atoms with Crippen LogP contribution in [-0.2, 0) is 18.9 Å². The molecular weight excluding hydrogens is 338 g/mol. The van der Waals surface area contributed by atoms with E-state index >= 15 is 0 Å². The first kappa shape index (κ1) is 20.1. The number of aliphatic hydroxyl groups is 1. The molecule has 2 aliphatic heterocycles. The number of nitrogens with zero attached hydrogens (tertiary/aromatic N) is 1. The maximum atomic E-state index is 10.6. The van der Waals surface area contributed by atoms with Crippen LogP contribution in [0, 0.1) is 15.7 Å². The van der Waals surface area contributed by atoms with Crippen LogP contribution < -0.4 is 0 Å². The third-order valence-corrected chi connectivity index (χ3v) is 6.27. The highest BCUT2D eigenvalue weighted by atomic mass is 16.7. The van der Waals surface area contributed by atoms with Crippen LogP contribution in [0.1, 0.15) is 58.8 Å². The summed E-state index contributed by atoms with van der Waals surface area (Å²) in [6.45, 7) is 6.48. The Morgan fingerprint density at radius 2 is 1.42 bits per heavy atom. The minimum absolute atomic E-state index is 0.0998. The van der Waals surface area contributed by atoms with Crippen LogP contribution >= 0.6 is 0 Å². The minimum Gasteiger partial charge on any atom is -0.396 e. The van der Waals surface area contributed by atoms with Gasteiger partial charge in [0.05, 0.1) is 39.6 Å². The molecule has 26 heavy (non-hydrogen) atoms. The molecule has 2 saturated heterocycles. The molecule has 7 nitrogen and oxygen atoms in total. The fourth-order valence-electron chi connectivity index (χ4n) is 4.05. The lowest BCUT2D eigenvalue weighted by Gasteiger charge is -2.52. The van der Waals surface area contributed by atoms with Gasteiger partial charge in [-0.05, 0) is 6.42 Å². The molecule has 2 heterocycles. The summed E-state index contributed by atoms with van der Waals surface area (Å²) < 4.78 is 24.5. The molecule has 3 rings (SSSR count). The maximum Gasteiger partial charge on any atom is 0.168 e. The van der Waals surface area contributed by atoms with Crippen molar-refractivity contribution in [3.8, 4) is 0 Å². The molecule has 1 aliphatic carbocycles. The first-order valence-electron chi connectivity index (χ1n) is 9.88. The van der Waals surface area contributed by atoms with E-state index < -0.39 is 11.6 Å². The van der Waals surface area contributed by atoms with Crippen LogP contribution in [-0.4, -0.2) is 56.3 Å². The van der Waals surface area contributed by atoms with Crippen LogP contribution in [0.25, 0.3) is 0 Å². The highest BCUT2D eigenvalue weighted by Gasteiger charge is 2.52. The Hall–Kier alpha value is -0.600. The molecule has 0 unspecified atom stereocenters. The lowest BCUT2D eigenvalue weighted by molar-refractivity contribution is -0.368. The van der Waals surface area contributed by atoms with E-state index in [1.165, 1.54) is 0 Å². The molecule has 0 aromatic heterocycles. The number of rotatable bonds is 6. The normalized spacial score (nSPS) is 43.7. The van der Waals surface area contributed by atoms with Gasteiger partial charge in [0.25, 0.3) is 0 Å². The molecule has 7 heteroatoms. The van der Waals surface area contributed by atoms with Crippen LogP contribution in [0.2, 0.25) is 0 Å². The molecule has 150 valence electrons. The fraction of sp³-hybridized carbons (Fsp3) is 1.00. The highest BCUT2D eigenvalue weighted by Crippen LogP contribution is 2.47. The quantitative estimate of drug-likeness (QED) is 0.722. The number of hydrogen-bond donors (Lipinski definition) is 1. The number of aliphatic hydroxyl groups excluding tert-OH is 1. The van der Waals surface area contributed by atoms with Gasteiger partial charge in [-0.25, -0.2) is 0 Å². The summed E-state index contributed by atoms with van der Waals surface area (Å²) >= 11 is 0. The summed E-state index contributed by atoms with van der Waals surface area (Å²) in [6, 6.07) is 0. The monoisotopic (exact) mass is 371 g/mol. The van der Waals surface area contributed by atoms with E-state index in [4.69, 9.17) is 18.9 Å². The van der Waals surface area contributed by atoms with Crippen molar-refractivity contribution in [2.45, 2.75) is 70.4 Å². The van der Waals surface area contributed by atoms with Gasteiger partial charge in [-0.15, -0.1) is 0 Å². The van der Waals surface area contributed by atoms with Crippen molar-refractivity contribution >= 4 is 0 Å². The summed E-state index contributed by atoms with van der Waals surface area (Å²) in [4.78, 5) is 10.6. The summed E-state index contributed by atoms with van der Waals surface area (Å²) in [7, 11) is 0. The van der Waals surface area contributed by atoms with Gasteiger partial charge in [0.1, 0.15) is 0 Å². The van der Waals surface area contributed by atoms with Gasteiger partial charge in [-0.3, -0.25) is 0 Å². The number of ether oxygens (including phenoxy) is 4. The lowest BCUT2D eigenvalue weighted by Crippen LogP contribution is -2.58. The molecule has 0 radical (unpaired) electrons. The summed E-state index contributed by atoms with van der Waals surface area (Å²) in [5.41, 5.74) is -0.599. The molecule has 1 saturated carbocycles. The van der Waals surface area contributed by atoms with Crippen LogP contribution in [0.5, 0.6) is 0 Å². The second-order valence-corrected chi connectivity index (χ2v) is 8.84. The number of unbranched alkanes of at least 4 members (excludes halogenated alkanes) is 1. The standard InChI is InChI=1S/C19H33NO6/c1-3-4-5-17(11-21)14-25-19(26-15-17)8-6-18(7-9-19)23-12-16(2,10-20-22)13-24-18/h21H,3-15H2,1-2H3. The highest BCUT2D eigenvalue weighted by molar-refractivity contribution is 4.94.